The highest BCUT2D eigenvalue weighted by molar-refractivity contribution is 8.01. The lowest BCUT2D eigenvalue weighted by molar-refractivity contribution is -0.118. The van der Waals surface area contributed by atoms with Crippen molar-refractivity contribution in [1.82, 2.24) is 10.2 Å². The Bertz CT molecular complexity index is 742. The molecule has 0 atom stereocenters. The second-order valence-electron chi connectivity index (χ2n) is 4.04. The number of rotatable bonds is 6. The molecule has 12 heteroatoms. The first kappa shape index (κ1) is 20.2. The summed E-state index contributed by atoms with van der Waals surface area (Å²) in [7, 11) is 0. The summed E-state index contributed by atoms with van der Waals surface area (Å²) in [6, 6.07) is 0. The molecule has 0 radical (unpaired) electrons. The Morgan fingerprint density at radius 2 is 1.67 bits per heavy atom. The van der Waals surface area contributed by atoms with Crippen molar-refractivity contribution in [2.75, 3.05) is 17.7 Å². The molecule has 1 heterocycles. The molecule has 1 aromatic carbocycles. The van der Waals surface area contributed by atoms with Gasteiger partial charge in [0.1, 0.15) is 10.0 Å². The molecule has 0 aliphatic heterocycles. The third-order valence-corrected chi connectivity index (χ3v) is 6.53. The van der Waals surface area contributed by atoms with Crippen LogP contribution in [0.15, 0.2) is 4.34 Å². The number of ether oxygens (including phenoxy) is 1. The molecule has 0 aliphatic rings. The molecule has 2 aromatic rings. The van der Waals surface area contributed by atoms with Gasteiger partial charge in [-0.2, -0.15) is 0 Å². The minimum Gasteiger partial charge on any atom is -0.481 e. The Morgan fingerprint density at radius 1 is 1.08 bits per heavy atom. The molecular formula is C12H8Cl5N3O2S2. The van der Waals surface area contributed by atoms with Gasteiger partial charge in [-0.25, -0.2) is 0 Å². The van der Waals surface area contributed by atoms with Crippen molar-refractivity contribution < 1.29 is 9.53 Å². The number of hydrogen-bond donors (Lipinski definition) is 1. The van der Waals surface area contributed by atoms with E-state index in [1.54, 1.807) is 0 Å². The maximum absolute atomic E-state index is 11.9. The first-order valence-corrected chi connectivity index (χ1v) is 9.94. The number of carbonyl (C=O) groups excluding carboxylic acids is 1. The van der Waals surface area contributed by atoms with E-state index in [1.807, 2.05) is 6.92 Å². The smallest absolute Gasteiger partial charge is 0.264 e. The summed E-state index contributed by atoms with van der Waals surface area (Å²) in [5.41, 5.74) is 0. The third-order valence-electron chi connectivity index (χ3n) is 2.44. The van der Waals surface area contributed by atoms with E-state index in [0.29, 0.717) is 5.13 Å². The summed E-state index contributed by atoms with van der Waals surface area (Å²) < 4.78 is 6.08. The monoisotopic (exact) mass is 465 g/mol. The number of nitrogens with one attached hydrogen (secondary N) is 1. The van der Waals surface area contributed by atoms with Gasteiger partial charge in [0.2, 0.25) is 5.13 Å². The normalized spacial score (nSPS) is 10.8. The molecule has 0 fully saturated rings. The molecule has 1 amide bonds. The van der Waals surface area contributed by atoms with Crippen LogP contribution in [-0.4, -0.2) is 28.5 Å². The van der Waals surface area contributed by atoms with E-state index < -0.39 is 5.91 Å². The molecule has 1 N–H and O–H groups in total. The SMILES string of the molecule is CCSc1nnc(NC(=O)COc2c(Cl)c(Cl)c(Cl)c(Cl)c2Cl)s1. The van der Waals surface area contributed by atoms with Crippen molar-refractivity contribution in [2.24, 2.45) is 0 Å². The van der Waals surface area contributed by atoms with Gasteiger partial charge >= 0.3 is 0 Å². The zero-order valence-electron chi connectivity index (χ0n) is 11.8. The minimum absolute atomic E-state index is 0.00602. The number of benzene rings is 1. The topological polar surface area (TPSA) is 64.1 Å². The number of aromatic nitrogens is 2. The number of nitrogens with zero attached hydrogens (tertiary/aromatic N) is 2. The highest BCUT2D eigenvalue weighted by Crippen LogP contribution is 2.48. The number of amides is 1. The zero-order chi connectivity index (χ0) is 17.9. The van der Waals surface area contributed by atoms with Crippen LogP contribution < -0.4 is 10.1 Å². The van der Waals surface area contributed by atoms with Crippen LogP contribution in [-0.2, 0) is 4.79 Å². The van der Waals surface area contributed by atoms with Crippen molar-refractivity contribution in [3.63, 3.8) is 0 Å². The van der Waals surface area contributed by atoms with E-state index in [2.05, 4.69) is 15.5 Å². The molecule has 0 aliphatic carbocycles. The molecule has 130 valence electrons. The fraction of sp³-hybridized carbons (Fsp3) is 0.250. The van der Waals surface area contributed by atoms with Gasteiger partial charge in [0.05, 0.1) is 15.1 Å². The van der Waals surface area contributed by atoms with Gasteiger partial charge < -0.3 is 4.74 Å². The van der Waals surface area contributed by atoms with E-state index in [0.717, 1.165) is 10.1 Å². The second-order valence-corrected chi connectivity index (χ2v) is 8.42. The number of hydrogen-bond acceptors (Lipinski definition) is 6. The fourth-order valence-corrected chi connectivity index (χ4v) is 4.34. The summed E-state index contributed by atoms with van der Waals surface area (Å²) in [5.74, 6) is 0.377. The van der Waals surface area contributed by atoms with Crippen LogP contribution in [0.25, 0.3) is 0 Å². The lowest BCUT2D eigenvalue weighted by atomic mass is 10.3. The number of thioether (sulfide) groups is 1. The maximum Gasteiger partial charge on any atom is 0.264 e. The van der Waals surface area contributed by atoms with Gasteiger partial charge in [0, 0.05) is 0 Å². The molecule has 0 saturated heterocycles. The fourth-order valence-electron chi connectivity index (χ4n) is 1.45. The van der Waals surface area contributed by atoms with Gasteiger partial charge in [-0.05, 0) is 5.75 Å². The molecule has 1 aromatic heterocycles. The lowest BCUT2D eigenvalue weighted by Gasteiger charge is -2.13. The quantitative estimate of drug-likeness (QED) is 0.247. The summed E-state index contributed by atoms with van der Waals surface area (Å²) in [6.45, 7) is 1.62. The second kappa shape index (κ2) is 8.98. The molecule has 5 nitrogen and oxygen atoms in total. The van der Waals surface area contributed by atoms with Crippen LogP contribution in [0.4, 0.5) is 5.13 Å². The van der Waals surface area contributed by atoms with Crippen molar-refractivity contribution in [3.8, 4) is 5.75 Å². The van der Waals surface area contributed by atoms with E-state index in [-0.39, 0.29) is 37.5 Å². The average Bonchev–Trinajstić information content (AvgIpc) is 2.98. The van der Waals surface area contributed by atoms with E-state index >= 15 is 0 Å². The molecule has 0 unspecified atom stereocenters. The molecular weight excluding hydrogens is 460 g/mol. The van der Waals surface area contributed by atoms with E-state index in [1.165, 1.54) is 23.1 Å². The van der Waals surface area contributed by atoms with Crippen molar-refractivity contribution in [3.05, 3.63) is 25.1 Å². The molecule has 0 bridgehead atoms. The van der Waals surface area contributed by atoms with Gasteiger partial charge in [-0.1, -0.05) is 88.0 Å². The van der Waals surface area contributed by atoms with Crippen molar-refractivity contribution in [2.45, 2.75) is 11.3 Å². The third kappa shape index (κ3) is 4.72. The first-order valence-electron chi connectivity index (χ1n) is 6.25. The predicted molar refractivity (Wildman–Crippen MR) is 102 cm³/mol. The standard InChI is InChI=1S/C12H8Cl5N3O2S2/c1-2-23-12-20-19-11(24-12)18-4(21)3-22-10-8(16)6(14)5(13)7(15)9(10)17/h2-3H2,1H3,(H,18,19,21). The van der Waals surface area contributed by atoms with Crippen LogP contribution in [0.5, 0.6) is 5.75 Å². The molecule has 2 rings (SSSR count). The highest BCUT2D eigenvalue weighted by Gasteiger charge is 2.21. The average molecular weight is 468 g/mol. The van der Waals surface area contributed by atoms with Crippen molar-refractivity contribution in [1.29, 1.82) is 0 Å². The molecule has 0 spiro atoms. The Hall–Kier alpha value is -0.150. The molecule has 0 saturated carbocycles. The lowest BCUT2D eigenvalue weighted by Crippen LogP contribution is -2.20. The Labute approximate surface area is 170 Å². The number of carbonyl (C=O) groups is 1. The number of halogens is 5. The van der Waals surface area contributed by atoms with Gasteiger partial charge in [-0.15, -0.1) is 10.2 Å². The minimum atomic E-state index is -0.464. The first-order chi connectivity index (χ1) is 11.3. The van der Waals surface area contributed by atoms with Crippen LogP contribution in [0, 0.1) is 0 Å². The summed E-state index contributed by atoms with van der Waals surface area (Å²) in [5, 5.41) is 10.6. The predicted octanol–water partition coefficient (Wildman–Crippen LogP) is 5.93. The Morgan fingerprint density at radius 3 is 2.25 bits per heavy atom. The maximum atomic E-state index is 11.9. The summed E-state index contributed by atoms with van der Waals surface area (Å²) >= 11 is 32.6. The van der Waals surface area contributed by atoms with Crippen LogP contribution in [0.2, 0.25) is 25.1 Å². The van der Waals surface area contributed by atoms with Crippen LogP contribution in [0.3, 0.4) is 0 Å². The summed E-state index contributed by atoms with van der Waals surface area (Å²) in [6.07, 6.45) is 0. The van der Waals surface area contributed by atoms with Gasteiger partial charge in [-0.3, -0.25) is 10.1 Å². The van der Waals surface area contributed by atoms with E-state index in [9.17, 15) is 4.79 Å². The highest BCUT2D eigenvalue weighted by atomic mass is 35.5. The van der Waals surface area contributed by atoms with Crippen LogP contribution >= 0.6 is 81.1 Å². The Balaban J connectivity index is 2.04. The number of anilines is 1. The largest absolute Gasteiger partial charge is 0.481 e. The van der Waals surface area contributed by atoms with Gasteiger partial charge in [0.25, 0.3) is 5.91 Å². The zero-order valence-corrected chi connectivity index (χ0v) is 17.2. The van der Waals surface area contributed by atoms with Crippen molar-refractivity contribution >= 4 is 92.1 Å². The summed E-state index contributed by atoms with van der Waals surface area (Å²) in [4.78, 5) is 11.9. The molecule has 24 heavy (non-hydrogen) atoms. The van der Waals surface area contributed by atoms with Crippen LogP contribution in [0.1, 0.15) is 6.92 Å². The van der Waals surface area contributed by atoms with E-state index in [4.69, 9.17) is 62.7 Å². The Kier molecular flexibility index (Phi) is 7.55. The van der Waals surface area contributed by atoms with Gasteiger partial charge in [0.15, 0.2) is 16.7 Å².